The first-order valence-corrected chi connectivity index (χ1v) is 12.4. The summed E-state index contributed by atoms with van der Waals surface area (Å²) in [6.45, 7) is 0. The molecule has 0 atom stereocenters. The van der Waals surface area contributed by atoms with Crippen LogP contribution in [0, 0.1) is 0 Å². The van der Waals surface area contributed by atoms with Crippen LogP contribution >= 0.6 is 48.0 Å². The summed E-state index contributed by atoms with van der Waals surface area (Å²) in [4.78, 5) is 0. The fraction of sp³-hybridized carbons (Fsp3) is 0.300. The molecule has 0 saturated heterocycles. The Morgan fingerprint density at radius 1 is 0.500 bits per heavy atom. The summed E-state index contributed by atoms with van der Waals surface area (Å²) in [7, 11) is 0. The maximum absolute atomic E-state index is 12.9. The molecule has 18 heteroatoms. The second-order valence-corrected chi connectivity index (χ2v) is 10.7. The molecule has 0 spiro atoms. The lowest BCUT2D eigenvalue weighted by molar-refractivity contribution is -0.144. The molecule has 0 heterocycles. The smallest absolute Gasteiger partial charge is 0.341 e. The van der Waals surface area contributed by atoms with Gasteiger partial charge in [-0.05, 0) is 36.4 Å². The third kappa shape index (κ3) is 10.00. The van der Waals surface area contributed by atoms with Gasteiger partial charge in [-0.1, -0.05) is 48.0 Å². The predicted molar refractivity (Wildman–Crippen MR) is 130 cm³/mol. The number of halogens is 12. The number of nitrogens with one attached hydrogen (secondary N) is 2. The van der Waals surface area contributed by atoms with E-state index in [1.165, 1.54) is 0 Å². The van der Waals surface area contributed by atoms with Gasteiger partial charge in [-0.15, -0.1) is 0 Å². The molecule has 2 rings (SSSR count). The normalized spacial score (nSPS) is 12.8. The molecule has 0 bridgehead atoms. The molecule has 0 aliphatic heterocycles. The number of benzene rings is 2. The van der Waals surface area contributed by atoms with E-state index in [1.807, 2.05) is 0 Å². The zero-order valence-electron chi connectivity index (χ0n) is 18.0. The Hall–Kier alpha value is -1.92. The lowest BCUT2D eigenvalue weighted by Gasteiger charge is -2.16. The number of rotatable bonds is 5. The van der Waals surface area contributed by atoms with Crippen molar-refractivity contribution in [3.05, 3.63) is 58.7 Å². The maximum Gasteiger partial charge on any atom is 0.416 e. The standard InChI is InChI=1S/C20H12F12N2S4/c21-17(22,23)9-3-10(18(24,25)26)6-13(5-9)33-15(35)37-1-2-38-16(36)34-14-7-11(19(27,28)29)4-12(8-14)20(30,31)32/h3-8H,1-2H2,(H,33,35)(H,34,36). The van der Waals surface area contributed by atoms with Crippen molar-refractivity contribution in [2.24, 2.45) is 0 Å². The topological polar surface area (TPSA) is 24.1 Å². The van der Waals surface area contributed by atoms with E-state index in [0.717, 1.165) is 23.5 Å². The predicted octanol–water partition coefficient (Wildman–Crippen LogP) is 9.32. The van der Waals surface area contributed by atoms with Gasteiger partial charge in [-0.2, -0.15) is 52.7 Å². The van der Waals surface area contributed by atoms with Crippen molar-refractivity contribution >= 4 is 68.0 Å². The fourth-order valence-electron chi connectivity index (χ4n) is 2.63. The van der Waals surface area contributed by atoms with Gasteiger partial charge >= 0.3 is 24.7 Å². The van der Waals surface area contributed by atoms with Gasteiger partial charge in [0.2, 0.25) is 0 Å². The third-order valence-corrected chi connectivity index (χ3v) is 6.93. The average Bonchev–Trinajstić information content (AvgIpc) is 2.74. The Kier molecular flexibility index (Phi) is 10.3. The van der Waals surface area contributed by atoms with Crippen LogP contribution < -0.4 is 10.6 Å². The summed E-state index contributed by atoms with van der Waals surface area (Å²) < 4.78 is 155. The highest BCUT2D eigenvalue weighted by molar-refractivity contribution is 8.26. The van der Waals surface area contributed by atoms with Gasteiger partial charge in [0.25, 0.3) is 0 Å². The van der Waals surface area contributed by atoms with Crippen LogP contribution in [0.2, 0.25) is 0 Å². The van der Waals surface area contributed by atoms with Crippen molar-refractivity contribution < 1.29 is 52.7 Å². The molecule has 2 nitrogen and oxygen atoms in total. The zero-order chi connectivity index (χ0) is 29.1. The molecule has 0 aromatic heterocycles. The first kappa shape index (κ1) is 32.3. The highest BCUT2D eigenvalue weighted by atomic mass is 32.2. The molecule has 0 saturated carbocycles. The summed E-state index contributed by atoms with van der Waals surface area (Å²) in [6.07, 6.45) is -20.2. The zero-order valence-corrected chi connectivity index (χ0v) is 21.3. The monoisotopic (exact) mass is 636 g/mol. The Morgan fingerprint density at radius 3 is 0.947 bits per heavy atom. The van der Waals surface area contributed by atoms with Crippen LogP contribution in [-0.4, -0.2) is 20.1 Å². The maximum atomic E-state index is 12.9. The summed E-state index contributed by atoms with van der Waals surface area (Å²) in [6, 6.07) is 1.68. The molecule has 0 amide bonds. The molecule has 38 heavy (non-hydrogen) atoms. The number of thiocarbonyl (C=S) groups is 2. The van der Waals surface area contributed by atoms with Gasteiger partial charge in [0.15, 0.2) is 0 Å². The molecule has 0 aliphatic carbocycles. The molecule has 0 fully saturated rings. The minimum Gasteiger partial charge on any atom is -0.341 e. The third-order valence-electron chi connectivity index (χ3n) is 4.22. The number of thioether (sulfide) groups is 2. The Bertz CT molecular complexity index is 1010. The van der Waals surface area contributed by atoms with Crippen molar-refractivity contribution in [3.8, 4) is 0 Å². The highest BCUT2D eigenvalue weighted by Gasteiger charge is 2.38. The highest BCUT2D eigenvalue weighted by Crippen LogP contribution is 2.39. The Morgan fingerprint density at radius 2 is 0.737 bits per heavy atom. The Balaban J connectivity index is 1.97. The van der Waals surface area contributed by atoms with E-state index in [-0.39, 0.29) is 32.3 Å². The second-order valence-electron chi connectivity index (χ2n) is 7.11. The summed E-state index contributed by atoms with van der Waals surface area (Å²) in [5.41, 5.74) is -7.29. The van der Waals surface area contributed by atoms with E-state index < -0.39 is 58.3 Å². The van der Waals surface area contributed by atoms with Gasteiger partial charge in [-0.25, -0.2) is 0 Å². The van der Waals surface area contributed by atoms with Crippen LogP contribution in [0.1, 0.15) is 22.3 Å². The van der Waals surface area contributed by atoms with Gasteiger partial charge < -0.3 is 10.6 Å². The quantitative estimate of drug-likeness (QED) is 0.193. The number of hydrogen-bond acceptors (Lipinski definition) is 4. The van der Waals surface area contributed by atoms with E-state index in [4.69, 9.17) is 24.4 Å². The van der Waals surface area contributed by atoms with Crippen molar-refractivity contribution in [1.82, 2.24) is 0 Å². The average molecular weight is 637 g/mol. The largest absolute Gasteiger partial charge is 0.416 e. The minimum absolute atomic E-state index is 0.0476. The van der Waals surface area contributed by atoms with Gasteiger partial charge in [0.1, 0.15) is 8.64 Å². The van der Waals surface area contributed by atoms with Crippen LogP contribution in [-0.2, 0) is 24.7 Å². The lowest BCUT2D eigenvalue weighted by Crippen LogP contribution is -2.14. The molecular weight excluding hydrogens is 624 g/mol. The summed E-state index contributed by atoms with van der Waals surface area (Å²) >= 11 is 11.4. The summed E-state index contributed by atoms with van der Waals surface area (Å²) in [5.74, 6) is 0.166. The molecular formula is C20H12F12N2S4. The van der Waals surface area contributed by atoms with Crippen molar-refractivity contribution in [1.29, 1.82) is 0 Å². The van der Waals surface area contributed by atoms with Crippen molar-refractivity contribution in [3.63, 3.8) is 0 Å². The summed E-state index contributed by atoms with van der Waals surface area (Å²) in [5, 5.41) is 4.52. The van der Waals surface area contributed by atoms with Gasteiger partial charge in [0, 0.05) is 22.9 Å². The van der Waals surface area contributed by atoms with E-state index in [2.05, 4.69) is 10.6 Å². The molecule has 0 unspecified atom stereocenters. The Labute approximate surface area is 225 Å². The molecule has 0 aliphatic rings. The van der Waals surface area contributed by atoms with E-state index in [9.17, 15) is 52.7 Å². The molecule has 2 aromatic rings. The molecule has 2 N–H and O–H groups in total. The van der Waals surface area contributed by atoms with Crippen molar-refractivity contribution in [2.75, 3.05) is 22.1 Å². The van der Waals surface area contributed by atoms with E-state index in [1.54, 1.807) is 0 Å². The van der Waals surface area contributed by atoms with E-state index >= 15 is 0 Å². The number of anilines is 2. The van der Waals surface area contributed by atoms with Crippen LogP contribution in [0.15, 0.2) is 36.4 Å². The fourth-order valence-corrected chi connectivity index (χ4v) is 4.78. The SMILES string of the molecule is FC(F)(F)c1cc(NC(=S)SCCSC(=S)Nc2cc(C(F)(F)F)cc(C(F)(F)F)c2)cc(C(F)(F)F)c1. The molecule has 0 radical (unpaired) electrons. The lowest BCUT2D eigenvalue weighted by atomic mass is 10.1. The van der Waals surface area contributed by atoms with Crippen molar-refractivity contribution in [2.45, 2.75) is 24.7 Å². The first-order chi connectivity index (χ1) is 17.2. The molecule has 210 valence electrons. The molecule has 2 aromatic carbocycles. The van der Waals surface area contributed by atoms with Gasteiger partial charge in [0.05, 0.1) is 22.3 Å². The van der Waals surface area contributed by atoms with Crippen LogP contribution in [0.4, 0.5) is 64.1 Å². The van der Waals surface area contributed by atoms with Crippen LogP contribution in [0.3, 0.4) is 0 Å². The number of alkyl halides is 12. The minimum atomic E-state index is -5.05. The second kappa shape index (κ2) is 12.1. The van der Waals surface area contributed by atoms with Gasteiger partial charge in [-0.3, -0.25) is 0 Å². The number of hydrogen-bond donors (Lipinski definition) is 2. The van der Waals surface area contributed by atoms with Crippen LogP contribution in [0.5, 0.6) is 0 Å². The van der Waals surface area contributed by atoms with Crippen LogP contribution in [0.25, 0.3) is 0 Å². The van der Waals surface area contributed by atoms with E-state index in [0.29, 0.717) is 24.3 Å². The first-order valence-electron chi connectivity index (χ1n) is 9.63.